The van der Waals surface area contributed by atoms with Gasteiger partial charge in [-0.2, -0.15) is 0 Å². The standard InChI is InChI=1S/C35H33BrF2N6O3/c1-43-26-17-22(6-7-24(26)29(21-10-14-35(37,38)15-11-21)30(43)31-39-18-23(36)19-40-31)32(47)42-34(12-3-13-34)33-41-25-8-4-20(5-9-28(45)46)16-27(25)44(33)2/h4-9,16-19,21H,3,10-15H2,1-2H3,(H,42,47)(H,45,46)/b9-5+. The highest BCUT2D eigenvalue weighted by molar-refractivity contribution is 9.10. The summed E-state index contributed by atoms with van der Waals surface area (Å²) < 4.78 is 33.0. The first kappa shape index (κ1) is 31.2. The van der Waals surface area contributed by atoms with E-state index in [9.17, 15) is 18.4 Å². The lowest BCUT2D eigenvalue weighted by Crippen LogP contribution is -2.52. The van der Waals surface area contributed by atoms with Gasteiger partial charge in [0.15, 0.2) is 5.82 Å². The fraction of sp³-hybridized carbons (Fsp3) is 0.343. The molecule has 0 bridgehead atoms. The van der Waals surface area contributed by atoms with Gasteiger partial charge < -0.3 is 19.6 Å². The van der Waals surface area contributed by atoms with Crippen LogP contribution in [0.25, 0.3) is 39.5 Å². The molecule has 242 valence electrons. The Labute approximate surface area is 277 Å². The predicted molar refractivity (Wildman–Crippen MR) is 178 cm³/mol. The van der Waals surface area contributed by atoms with Gasteiger partial charge in [0.2, 0.25) is 5.92 Å². The molecule has 2 aliphatic carbocycles. The Morgan fingerprint density at radius 3 is 2.38 bits per heavy atom. The molecule has 2 N–H and O–H groups in total. The van der Waals surface area contributed by atoms with E-state index in [2.05, 4.69) is 31.2 Å². The highest BCUT2D eigenvalue weighted by atomic mass is 79.9. The largest absolute Gasteiger partial charge is 0.478 e. The number of fused-ring (bicyclic) bond motifs is 2. The van der Waals surface area contributed by atoms with E-state index in [0.717, 1.165) is 74.4 Å². The van der Waals surface area contributed by atoms with Gasteiger partial charge in [-0.3, -0.25) is 4.79 Å². The second kappa shape index (κ2) is 11.7. The topological polar surface area (TPSA) is 115 Å². The SMILES string of the molecule is Cn1c(C2(NC(=O)c3ccc4c(C5CCC(F)(F)CC5)c(-c5ncc(Br)cn5)n(C)c4c3)CCC2)nc2ccc(/C=C/C(=O)O)cc21. The number of aliphatic carboxylic acids is 1. The number of carbonyl (C=O) groups excluding carboxylic acids is 1. The Bertz CT molecular complexity index is 2070. The predicted octanol–water partition coefficient (Wildman–Crippen LogP) is 7.48. The third-order valence-corrected chi connectivity index (χ3v) is 10.2. The van der Waals surface area contributed by atoms with Crippen LogP contribution in [-0.2, 0) is 24.4 Å². The van der Waals surface area contributed by atoms with Crippen LogP contribution in [0.4, 0.5) is 8.78 Å². The first-order valence-electron chi connectivity index (χ1n) is 15.6. The second-order valence-electron chi connectivity index (χ2n) is 12.7. The molecule has 0 radical (unpaired) electrons. The van der Waals surface area contributed by atoms with Gasteiger partial charge in [0.1, 0.15) is 5.82 Å². The summed E-state index contributed by atoms with van der Waals surface area (Å²) in [5.41, 5.74) is 4.69. The first-order valence-corrected chi connectivity index (χ1v) is 16.4. The highest BCUT2D eigenvalue weighted by Crippen LogP contribution is 2.47. The van der Waals surface area contributed by atoms with E-state index in [-0.39, 0.29) is 24.7 Å². The number of carboxylic acid groups (broad SMARTS) is 1. The van der Waals surface area contributed by atoms with E-state index in [0.29, 0.717) is 24.2 Å². The molecule has 2 aromatic carbocycles. The number of imidazole rings is 1. The number of alkyl halides is 2. The van der Waals surface area contributed by atoms with Crippen molar-refractivity contribution in [2.45, 2.75) is 62.3 Å². The summed E-state index contributed by atoms with van der Waals surface area (Å²) in [6, 6.07) is 11.1. The van der Waals surface area contributed by atoms with Crippen LogP contribution >= 0.6 is 15.9 Å². The number of nitrogens with zero attached hydrogens (tertiary/aromatic N) is 5. The van der Waals surface area contributed by atoms with Crippen molar-refractivity contribution in [2.75, 3.05) is 0 Å². The fourth-order valence-corrected chi connectivity index (χ4v) is 7.39. The molecule has 3 heterocycles. The molecule has 47 heavy (non-hydrogen) atoms. The normalized spacial score (nSPS) is 17.7. The van der Waals surface area contributed by atoms with Gasteiger partial charge in [0.25, 0.3) is 5.91 Å². The summed E-state index contributed by atoms with van der Waals surface area (Å²) in [4.78, 5) is 39.0. The van der Waals surface area contributed by atoms with Crippen LogP contribution in [-0.4, -0.2) is 47.0 Å². The van der Waals surface area contributed by atoms with Crippen molar-refractivity contribution in [1.29, 1.82) is 0 Å². The zero-order valence-electron chi connectivity index (χ0n) is 25.9. The summed E-state index contributed by atoms with van der Waals surface area (Å²) in [6.45, 7) is 0. The molecule has 1 amide bonds. The Morgan fingerprint density at radius 2 is 1.72 bits per heavy atom. The molecule has 3 aromatic heterocycles. The molecule has 0 atom stereocenters. The molecule has 5 aromatic rings. The minimum atomic E-state index is -2.66. The number of aryl methyl sites for hydroxylation is 2. The van der Waals surface area contributed by atoms with Gasteiger partial charge in [-0.1, -0.05) is 12.1 Å². The molecule has 0 aliphatic heterocycles. The smallest absolute Gasteiger partial charge is 0.328 e. The van der Waals surface area contributed by atoms with Crippen LogP contribution in [0.5, 0.6) is 0 Å². The summed E-state index contributed by atoms with van der Waals surface area (Å²) in [5, 5.41) is 13.2. The fourth-order valence-electron chi connectivity index (χ4n) is 7.18. The Kier molecular flexibility index (Phi) is 7.73. The third-order valence-electron chi connectivity index (χ3n) is 9.77. The Morgan fingerprint density at radius 1 is 1.00 bits per heavy atom. The maximum Gasteiger partial charge on any atom is 0.328 e. The number of rotatable bonds is 7. The van der Waals surface area contributed by atoms with Gasteiger partial charge in [-0.05, 0) is 95.4 Å². The molecule has 0 spiro atoms. The van der Waals surface area contributed by atoms with Crippen molar-refractivity contribution in [3.63, 3.8) is 0 Å². The quantitative estimate of drug-likeness (QED) is 0.170. The van der Waals surface area contributed by atoms with Crippen molar-refractivity contribution in [3.8, 4) is 11.5 Å². The molecule has 2 saturated carbocycles. The number of benzene rings is 2. The molecule has 0 saturated heterocycles. The third kappa shape index (κ3) is 5.62. The van der Waals surface area contributed by atoms with Crippen LogP contribution in [0.2, 0.25) is 0 Å². The zero-order valence-corrected chi connectivity index (χ0v) is 27.5. The number of nitrogens with one attached hydrogen (secondary N) is 1. The van der Waals surface area contributed by atoms with Crippen molar-refractivity contribution < 1.29 is 23.5 Å². The minimum absolute atomic E-state index is 0.0869. The minimum Gasteiger partial charge on any atom is -0.478 e. The van der Waals surface area contributed by atoms with Crippen molar-refractivity contribution in [3.05, 3.63) is 81.9 Å². The lowest BCUT2D eigenvalue weighted by Gasteiger charge is -2.41. The number of hydrogen-bond donors (Lipinski definition) is 2. The van der Waals surface area contributed by atoms with Gasteiger partial charge >= 0.3 is 5.97 Å². The maximum absolute atomic E-state index is 14.2. The number of aromatic nitrogens is 5. The number of hydrogen-bond acceptors (Lipinski definition) is 5. The number of amides is 1. The van der Waals surface area contributed by atoms with Crippen molar-refractivity contribution in [1.82, 2.24) is 29.4 Å². The van der Waals surface area contributed by atoms with Gasteiger partial charge in [0.05, 0.1) is 26.7 Å². The molecule has 2 fully saturated rings. The van der Waals surface area contributed by atoms with E-state index in [4.69, 9.17) is 10.1 Å². The van der Waals surface area contributed by atoms with E-state index in [1.165, 1.54) is 6.08 Å². The number of carboxylic acids is 1. The molecule has 9 nitrogen and oxygen atoms in total. The van der Waals surface area contributed by atoms with E-state index in [1.54, 1.807) is 18.5 Å². The highest BCUT2D eigenvalue weighted by Gasteiger charge is 2.44. The van der Waals surface area contributed by atoms with Crippen LogP contribution < -0.4 is 5.32 Å². The lowest BCUT2D eigenvalue weighted by molar-refractivity contribution is -0.131. The second-order valence-corrected chi connectivity index (χ2v) is 13.6. The summed E-state index contributed by atoms with van der Waals surface area (Å²) in [5.74, 6) is -2.74. The zero-order chi connectivity index (χ0) is 33.1. The number of halogens is 3. The Balaban J connectivity index is 1.24. The first-order chi connectivity index (χ1) is 22.4. The van der Waals surface area contributed by atoms with Crippen LogP contribution in [0, 0.1) is 0 Å². The molecule has 2 aliphatic rings. The molecular weight excluding hydrogens is 670 g/mol. The van der Waals surface area contributed by atoms with Gasteiger partial charge in [-0.25, -0.2) is 28.5 Å². The summed E-state index contributed by atoms with van der Waals surface area (Å²) in [7, 11) is 3.81. The van der Waals surface area contributed by atoms with Crippen molar-refractivity contribution in [2.24, 2.45) is 14.1 Å². The monoisotopic (exact) mass is 702 g/mol. The average Bonchev–Trinajstić information content (AvgIpc) is 3.51. The van der Waals surface area contributed by atoms with Crippen molar-refractivity contribution >= 4 is 55.8 Å². The van der Waals surface area contributed by atoms with Gasteiger partial charge in [-0.15, -0.1) is 0 Å². The summed E-state index contributed by atoms with van der Waals surface area (Å²) >= 11 is 3.40. The maximum atomic E-state index is 14.2. The molecule has 7 rings (SSSR count). The van der Waals surface area contributed by atoms with Gasteiger partial charge in [0, 0.05) is 61.9 Å². The summed E-state index contributed by atoms with van der Waals surface area (Å²) in [6.07, 6.45) is 8.76. The van der Waals surface area contributed by atoms with E-state index >= 15 is 0 Å². The molecular formula is C35H33BrF2N6O3. The molecule has 12 heteroatoms. The lowest BCUT2D eigenvalue weighted by atomic mass is 9.75. The number of carbonyl (C=O) groups is 2. The van der Waals surface area contributed by atoms with Crippen LogP contribution in [0.15, 0.2) is 59.3 Å². The molecule has 0 unspecified atom stereocenters. The Hall–Kier alpha value is -4.45. The van der Waals surface area contributed by atoms with Crippen LogP contribution in [0.3, 0.4) is 0 Å². The van der Waals surface area contributed by atoms with E-state index < -0.39 is 17.4 Å². The van der Waals surface area contributed by atoms with E-state index in [1.807, 2.05) is 53.6 Å². The van der Waals surface area contributed by atoms with Crippen LogP contribution in [0.1, 0.15) is 78.2 Å². The average molecular weight is 704 g/mol.